The van der Waals surface area contributed by atoms with Gasteiger partial charge in [-0.25, -0.2) is 4.39 Å². The molecule has 0 aliphatic carbocycles. The van der Waals surface area contributed by atoms with E-state index >= 15 is 0 Å². The van der Waals surface area contributed by atoms with Crippen LogP contribution < -0.4 is 16.0 Å². The van der Waals surface area contributed by atoms with Crippen LogP contribution in [0.3, 0.4) is 0 Å². The minimum atomic E-state index is -0.184. The lowest BCUT2D eigenvalue weighted by atomic mass is 9.90. The van der Waals surface area contributed by atoms with Crippen LogP contribution >= 0.6 is 0 Å². The summed E-state index contributed by atoms with van der Waals surface area (Å²) in [7, 11) is 0. The normalized spacial score (nSPS) is 14.6. The second-order valence-electron chi connectivity index (χ2n) is 7.90. The highest BCUT2D eigenvalue weighted by molar-refractivity contribution is 5.90. The number of hydrogen-bond donors (Lipinski definition) is 3. The number of amides is 1. The number of unbranched alkanes of at least 4 members (excludes halogenated alkanes) is 2. The first-order valence-corrected chi connectivity index (χ1v) is 10.7. The molecule has 2 aromatic rings. The zero-order valence-electron chi connectivity index (χ0n) is 17.3. The molecule has 4 nitrogen and oxygen atoms in total. The molecule has 5 heteroatoms. The molecule has 0 atom stereocenters. The first-order valence-electron chi connectivity index (χ1n) is 10.7. The lowest BCUT2D eigenvalue weighted by Gasteiger charge is -2.23. The third-order valence-electron chi connectivity index (χ3n) is 5.56. The topological polar surface area (TPSA) is 53.2 Å². The smallest absolute Gasteiger partial charge is 0.224 e. The Balaban J connectivity index is 1.33. The van der Waals surface area contributed by atoms with Gasteiger partial charge >= 0.3 is 0 Å². The van der Waals surface area contributed by atoms with E-state index in [1.54, 1.807) is 13.0 Å². The van der Waals surface area contributed by atoms with Gasteiger partial charge in [-0.05, 0) is 87.0 Å². The van der Waals surface area contributed by atoms with Crippen molar-refractivity contribution in [3.05, 3.63) is 59.4 Å². The van der Waals surface area contributed by atoms with Crippen molar-refractivity contribution in [2.45, 2.75) is 51.4 Å². The summed E-state index contributed by atoms with van der Waals surface area (Å²) in [5.41, 5.74) is 3.68. The molecule has 1 aliphatic heterocycles. The zero-order chi connectivity index (χ0) is 20.5. The molecule has 0 aromatic heterocycles. The second kappa shape index (κ2) is 11.0. The van der Waals surface area contributed by atoms with Crippen LogP contribution in [0.15, 0.2) is 42.5 Å². The van der Waals surface area contributed by atoms with Gasteiger partial charge in [0.1, 0.15) is 5.82 Å². The molecule has 1 saturated heterocycles. The van der Waals surface area contributed by atoms with E-state index in [0.29, 0.717) is 17.9 Å². The van der Waals surface area contributed by atoms with E-state index in [9.17, 15) is 9.18 Å². The van der Waals surface area contributed by atoms with Crippen molar-refractivity contribution in [1.29, 1.82) is 0 Å². The molecular weight excluding hydrogens is 365 g/mol. The predicted molar refractivity (Wildman–Crippen MR) is 118 cm³/mol. The molecule has 1 fully saturated rings. The van der Waals surface area contributed by atoms with E-state index < -0.39 is 0 Å². The van der Waals surface area contributed by atoms with Gasteiger partial charge in [0, 0.05) is 24.3 Å². The Morgan fingerprint density at radius 1 is 1.07 bits per heavy atom. The highest BCUT2D eigenvalue weighted by Gasteiger charge is 2.15. The lowest BCUT2D eigenvalue weighted by molar-refractivity contribution is -0.116. The second-order valence-corrected chi connectivity index (χ2v) is 7.90. The number of piperidine rings is 1. The number of aryl methyl sites for hydroxylation is 1. The Hall–Kier alpha value is -2.40. The first-order chi connectivity index (χ1) is 14.1. The molecular formula is C24H32FN3O. The van der Waals surface area contributed by atoms with Gasteiger partial charge in [-0.15, -0.1) is 0 Å². The summed E-state index contributed by atoms with van der Waals surface area (Å²) in [5.74, 6) is 0.472. The minimum Gasteiger partial charge on any atom is -0.385 e. The molecule has 0 bridgehead atoms. The Bertz CT molecular complexity index is 802. The highest BCUT2D eigenvalue weighted by Crippen LogP contribution is 2.27. The maximum atomic E-state index is 13.5. The average molecular weight is 398 g/mol. The van der Waals surface area contributed by atoms with Crippen LogP contribution in [-0.2, 0) is 4.79 Å². The summed E-state index contributed by atoms with van der Waals surface area (Å²) in [5, 5.41) is 9.66. The Morgan fingerprint density at radius 2 is 1.90 bits per heavy atom. The highest BCUT2D eigenvalue weighted by atomic mass is 19.1. The van der Waals surface area contributed by atoms with Crippen molar-refractivity contribution in [3.63, 3.8) is 0 Å². The van der Waals surface area contributed by atoms with Gasteiger partial charge in [0.25, 0.3) is 0 Å². The van der Waals surface area contributed by atoms with Crippen molar-refractivity contribution < 1.29 is 9.18 Å². The third-order valence-corrected chi connectivity index (χ3v) is 5.56. The van der Waals surface area contributed by atoms with Crippen LogP contribution in [0.5, 0.6) is 0 Å². The number of anilines is 2. The van der Waals surface area contributed by atoms with Crippen LogP contribution in [0.1, 0.15) is 55.6 Å². The van der Waals surface area contributed by atoms with E-state index in [4.69, 9.17) is 0 Å². The van der Waals surface area contributed by atoms with E-state index in [0.717, 1.165) is 63.1 Å². The maximum absolute atomic E-state index is 13.5. The average Bonchev–Trinajstić information content (AvgIpc) is 2.74. The van der Waals surface area contributed by atoms with Crippen LogP contribution in [0.25, 0.3) is 0 Å². The number of halogens is 1. The SMILES string of the molecule is Cc1ccc(NCCCCCC(=O)Nc2cccc(C3CCNCC3)c2)cc1F. The minimum absolute atomic E-state index is 0.0704. The first kappa shape index (κ1) is 21.3. The Labute approximate surface area is 173 Å². The van der Waals surface area contributed by atoms with Crippen LogP contribution in [0.2, 0.25) is 0 Å². The molecule has 3 N–H and O–H groups in total. The number of carbonyl (C=O) groups excluding carboxylic acids is 1. The fraction of sp³-hybridized carbons (Fsp3) is 0.458. The maximum Gasteiger partial charge on any atom is 0.224 e. The monoisotopic (exact) mass is 397 g/mol. The quantitative estimate of drug-likeness (QED) is 0.509. The van der Waals surface area contributed by atoms with E-state index in [1.807, 2.05) is 18.2 Å². The molecule has 29 heavy (non-hydrogen) atoms. The largest absolute Gasteiger partial charge is 0.385 e. The van der Waals surface area contributed by atoms with E-state index in [1.165, 1.54) is 11.6 Å². The number of nitrogens with one attached hydrogen (secondary N) is 3. The molecule has 2 aromatic carbocycles. The number of rotatable bonds is 9. The summed E-state index contributed by atoms with van der Waals surface area (Å²) in [4.78, 5) is 12.2. The van der Waals surface area contributed by atoms with Crippen LogP contribution in [0.4, 0.5) is 15.8 Å². The van der Waals surface area contributed by atoms with Gasteiger partial charge in [-0.3, -0.25) is 4.79 Å². The van der Waals surface area contributed by atoms with Crippen molar-refractivity contribution in [2.24, 2.45) is 0 Å². The van der Waals surface area contributed by atoms with Gasteiger partial charge in [-0.2, -0.15) is 0 Å². The van der Waals surface area contributed by atoms with E-state index in [2.05, 4.69) is 28.1 Å². The van der Waals surface area contributed by atoms with Gasteiger partial charge in [0.2, 0.25) is 5.91 Å². The van der Waals surface area contributed by atoms with Gasteiger partial charge in [0.15, 0.2) is 0 Å². The molecule has 1 heterocycles. The summed E-state index contributed by atoms with van der Waals surface area (Å²) < 4.78 is 13.5. The number of carbonyl (C=O) groups is 1. The summed E-state index contributed by atoms with van der Waals surface area (Å²) in [6.45, 7) is 4.67. The zero-order valence-corrected chi connectivity index (χ0v) is 17.3. The van der Waals surface area contributed by atoms with Gasteiger partial charge in [0.05, 0.1) is 0 Å². The van der Waals surface area contributed by atoms with Crippen molar-refractivity contribution >= 4 is 17.3 Å². The molecule has 0 saturated carbocycles. The summed E-state index contributed by atoms with van der Waals surface area (Å²) >= 11 is 0. The summed E-state index contributed by atoms with van der Waals surface area (Å²) in [6, 6.07) is 13.5. The fourth-order valence-corrected chi connectivity index (χ4v) is 3.77. The molecule has 0 spiro atoms. The number of hydrogen-bond acceptors (Lipinski definition) is 3. The molecule has 0 unspecified atom stereocenters. The van der Waals surface area contributed by atoms with Gasteiger partial charge < -0.3 is 16.0 Å². The summed E-state index contributed by atoms with van der Waals surface area (Å²) in [6.07, 6.45) is 5.60. The molecule has 156 valence electrons. The molecule has 1 amide bonds. The number of benzene rings is 2. The van der Waals surface area contributed by atoms with Crippen LogP contribution in [-0.4, -0.2) is 25.5 Å². The molecule has 0 radical (unpaired) electrons. The fourth-order valence-electron chi connectivity index (χ4n) is 3.77. The van der Waals surface area contributed by atoms with Crippen molar-refractivity contribution in [3.8, 4) is 0 Å². The predicted octanol–water partition coefficient (Wildman–Crippen LogP) is 5.21. The third kappa shape index (κ3) is 6.86. The molecule has 3 rings (SSSR count). The van der Waals surface area contributed by atoms with Crippen LogP contribution in [0, 0.1) is 12.7 Å². The van der Waals surface area contributed by atoms with E-state index in [-0.39, 0.29) is 11.7 Å². The van der Waals surface area contributed by atoms with Gasteiger partial charge in [-0.1, -0.05) is 24.6 Å². The Kier molecular flexibility index (Phi) is 8.05. The standard InChI is InChI=1S/C24H32FN3O/c1-18-9-10-21(17-23(18)25)27-13-4-2-3-8-24(29)28-22-7-5-6-20(16-22)19-11-14-26-15-12-19/h5-7,9-10,16-17,19,26-27H,2-4,8,11-15H2,1H3,(H,28,29). The Morgan fingerprint density at radius 3 is 2.69 bits per heavy atom. The van der Waals surface area contributed by atoms with Crippen molar-refractivity contribution in [2.75, 3.05) is 30.3 Å². The molecule has 1 aliphatic rings. The lowest BCUT2D eigenvalue weighted by Crippen LogP contribution is -2.26. The van der Waals surface area contributed by atoms with Crippen molar-refractivity contribution in [1.82, 2.24) is 5.32 Å².